The summed E-state index contributed by atoms with van der Waals surface area (Å²) in [4.78, 5) is -0.0271. The molecule has 20 heavy (non-hydrogen) atoms. The van der Waals surface area contributed by atoms with E-state index in [4.69, 9.17) is 17.3 Å². The standard InChI is InChI=1S/C13H12ClFN2O2S/c1-17(13-8-9(14)2-7-12(13)16)20(18,19)11-5-3-10(15)4-6-11/h2-8H,16H2,1H3. The summed E-state index contributed by atoms with van der Waals surface area (Å²) >= 11 is 5.85. The van der Waals surface area contributed by atoms with E-state index in [1.165, 1.54) is 31.3 Å². The third kappa shape index (κ3) is 2.71. The fraction of sp³-hybridized carbons (Fsp3) is 0.0769. The van der Waals surface area contributed by atoms with Gasteiger partial charge in [0, 0.05) is 12.1 Å². The minimum atomic E-state index is -3.82. The molecule has 0 radical (unpaired) electrons. The summed E-state index contributed by atoms with van der Waals surface area (Å²) in [6.07, 6.45) is 0. The van der Waals surface area contributed by atoms with Gasteiger partial charge in [0.1, 0.15) is 5.82 Å². The van der Waals surface area contributed by atoms with Gasteiger partial charge in [-0.05, 0) is 42.5 Å². The summed E-state index contributed by atoms with van der Waals surface area (Å²) in [5.74, 6) is -0.506. The summed E-state index contributed by atoms with van der Waals surface area (Å²) in [6, 6.07) is 9.11. The van der Waals surface area contributed by atoms with Gasteiger partial charge in [-0.15, -0.1) is 0 Å². The fourth-order valence-electron chi connectivity index (χ4n) is 1.68. The van der Waals surface area contributed by atoms with E-state index >= 15 is 0 Å². The minimum Gasteiger partial charge on any atom is -0.397 e. The number of nitrogens with two attached hydrogens (primary N) is 1. The number of hydrogen-bond acceptors (Lipinski definition) is 3. The SMILES string of the molecule is CN(c1cc(Cl)ccc1N)S(=O)(=O)c1ccc(F)cc1. The first kappa shape index (κ1) is 14.6. The Balaban J connectivity index is 2.48. The maximum atomic E-state index is 12.9. The highest BCUT2D eigenvalue weighted by Crippen LogP contribution is 2.30. The second-order valence-electron chi connectivity index (χ2n) is 4.13. The van der Waals surface area contributed by atoms with Crippen molar-refractivity contribution in [2.24, 2.45) is 0 Å². The molecule has 0 saturated heterocycles. The van der Waals surface area contributed by atoms with Gasteiger partial charge in [-0.2, -0.15) is 0 Å². The molecule has 0 fully saturated rings. The van der Waals surface area contributed by atoms with Crippen molar-refractivity contribution in [2.45, 2.75) is 4.90 Å². The maximum Gasteiger partial charge on any atom is 0.264 e. The normalized spacial score (nSPS) is 11.3. The molecule has 0 amide bonds. The van der Waals surface area contributed by atoms with Crippen LogP contribution in [0.3, 0.4) is 0 Å². The molecule has 2 aromatic rings. The average Bonchev–Trinajstić information content (AvgIpc) is 2.41. The van der Waals surface area contributed by atoms with Crippen molar-refractivity contribution >= 4 is 33.0 Å². The zero-order valence-corrected chi connectivity index (χ0v) is 12.1. The Morgan fingerprint density at radius 1 is 1.15 bits per heavy atom. The van der Waals surface area contributed by atoms with Gasteiger partial charge < -0.3 is 5.73 Å². The van der Waals surface area contributed by atoms with E-state index in [1.54, 1.807) is 6.07 Å². The van der Waals surface area contributed by atoms with Crippen molar-refractivity contribution < 1.29 is 12.8 Å². The Kier molecular flexibility index (Phi) is 3.87. The van der Waals surface area contributed by atoms with E-state index in [2.05, 4.69) is 0 Å². The minimum absolute atomic E-state index is 0.0271. The van der Waals surface area contributed by atoms with Gasteiger partial charge in [0.15, 0.2) is 0 Å². The van der Waals surface area contributed by atoms with Gasteiger partial charge >= 0.3 is 0 Å². The third-order valence-electron chi connectivity index (χ3n) is 2.80. The van der Waals surface area contributed by atoms with Gasteiger partial charge in [-0.1, -0.05) is 11.6 Å². The van der Waals surface area contributed by atoms with Crippen molar-refractivity contribution in [1.82, 2.24) is 0 Å². The molecule has 4 nitrogen and oxygen atoms in total. The molecule has 2 rings (SSSR count). The first-order chi connectivity index (χ1) is 9.32. The first-order valence-corrected chi connectivity index (χ1v) is 7.43. The number of anilines is 2. The molecule has 106 valence electrons. The predicted molar refractivity (Wildman–Crippen MR) is 77.9 cm³/mol. The Morgan fingerprint density at radius 2 is 1.75 bits per heavy atom. The number of rotatable bonds is 3. The smallest absolute Gasteiger partial charge is 0.264 e. The van der Waals surface area contributed by atoms with E-state index in [0.29, 0.717) is 5.02 Å². The molecule has 7 heteroatoms. The number of hydrogen-bond donors (Lipinski definition) is 1. The average molecular weight is 315 g/mol. The van der Waals surface area contributed by atoms with E-state index in [1.807, 2.05) is 0 Å². The van der Waals surface area contributed by atoms with Gasteiger partial charge in [0.05, 0.1) is 16.3 Å². The van der Waals surface area contributed by atoms with Crippen LogP contribution >= 0.6 is 11.6 Å². The molecule has 0 unspecified atom stereocenters. The molecule has 2 aromatic carbocycles. The lowest BCUT2D eigenvalue weighted by atomic mass is 10.3. The first-order valence-electron chi connectivity index (χ1n) is 5.62. The maximum absolute atomic E-state index is 12.9. The van der Waals surface area contributed by atoms with Gasteiger partial charge in [-0.25, -0.2) is 12.8 Å². The second kappa shape index (κ2) is 5.30. The summed E-state index contributed by atoms with van der Waals surface area (Å²) in [5.41, 5.74) is 6.31. The van der Waals surface area contributed by atoms with Crippen molar-refractivity contribution in [3.8, 4) is 0 Å². The summed E-state index contributed by atoms with van der Waals surface area (Å²) in [5, 5.41) is 0.371. The summed E-state index contributed by atoms with van der Waals surface area (Å²) in [6.45, 7) is 0. The number of benzene rings is 2. The second-order valence-corrected chi connectivity index (χ2v) is 6.54. The summed E-state index contributed by atoms with van der Waals surface area (Å²) in [7, 11) is -2.46. The topological polar surface area (TPSA) is 63.4 Å². The van der Waals surface area contributed by atoms with Gasteiger partial charge in [0.2, 0.25) is 0 Å². The number of nitrogen functional groups attached to an aromatic ring is 1. The molecule has 0 spiro atoms. The molecule has 0 bridgehead atoms. The van der Waals surface area contributed by atoms with Crippen LogP contribution in [0.2, 0.25) is 5.02 Å². The van der Waals surface area contributed by atoms with Crippen molar-refractivity contribution in [3.63, 3.8) is 0 Å². The van der Waals surface area contributed by atoms with Gasteiger partial charge in [0.25, 0.3) is 10.0 Å². The zero-order chi connectivity index (χ0) is 14.9. The highest BCUT2D eigenvalue weighted by molar-refractivity contribution is 7.92. The lowest BCUT2D eigenvalue weighted by Gasteiger charge is -2.21. The fourth-order valence-corrected chi connectivity index (χ4v) is 3.06. The largest absolute Gasteiger partial charge is 0.397 e. The van der Waals surface area contributed by atoms with Crippen LogP contribution in [0.25, 0.3) is 0 Å². The molecule has 0 aliphatic heterocycles. The molecule has 0 aromatic heterocycles. The van der Waals surface area contributed by atoms with E-state index in [0.717, 1.165) is 16.4 Å². The van der Waals surface area contributed by atoms with Crippen molar-refractivity contribution in [3.05, 3.63) is 53.3 Å². The molecular formula is C13H12ClFN2O2S. The number of halogens is 2. The number of sulfonamides is 1. The van der Waals surface area contributed by atoms with Crippen LogP contribution in [0, 0.1) is 5.82 Å². The Hall–Kier alpha value is -1.79. The predicted octanol–water partition coefficient (Wildman–Crippen LogP) is 2.89. The Bertz CT molecular complexity index is 733. The Labute approximate surface area is 121 Å². The highest BCUT2D eigenvalue weighted by Gasteiger charge is 2.23. The van der Waals surface area contributed by atoms with Crippen LogP contribution in [-0.4, -0.2) is 15.5 Å². The molecular weight excluding hydrogens is 303 g/mol. The molecule has 0 saturated carbocycles. The third-order valence-corrected chi connectivity index (χ3v) is 4.82. The lowest BCUT2D eigenvalue weighted by molar-refractivity contribution is 0.593. The van der Waals surface area contributed by atoms with Crippen LogP contribution in [0.1, 0.15) is 0 Å². The molecule has 0 aliphatic rings. The van der Waals surface area contributed by atoms with E-state index < -0.39 is 15.8 Å². The highest BCUT2D eigenvalue weighted by atomic mass is 35.5. The van der Waals surface area contributed by atoms with Crippen molar-refractivity contribution in [1.29, 1.82) is 0 Å². The van der Waals surface area contributed by atoms with Crippen LogP contribution in [-0.2, 0) is 10.0 Å². The van der Waals surface area contributed by atoms with Crippen LogP contribution in [0.4, 0.5) is 15.8 Å². The van der Waals surface area contributed by atoms with Crippen LogP contribution < -0.4 is 10.0 Å². The lowest BCUT2D eigenvalue weighted by Crippen LogP contribution is -2.27. The van der Waals surface area contributed by atoms with Crippen LogP contribution in [0.15, 0.2) is 47.4 Å². The summed E-state index contributed by atoms with van der Waals surface area (Å²) < 4.78 is 38.7. The zero-order valence-electron chi connectivity index (χ0n) is 10.5. The quantitative estimate of drug-likeness (QED) is 0.886. The molecule has 0 aliphatic carbocycles. The molecule has 0 heterocycles. The molecule has 2 N–H and O–H groups in total. The van der Waals surface area contributed by atoms with E-state index in [9.17, 15) is 12.8 Å². The van der Waals surface area contributed by atoms with E-state index in [-0.39, 0.29) is 16.3 Å². The molecule has 0 atom stereocenters. The monoisotopic (exact) mass is 314 g/mol. The van der Waals surface area contributed by atoms with Crippen LogP contribution in [0.5, 0.6) is 0 Å². The number of nitrogens with zero attached hydrogens (tertiary/aromatic N) is 1. The van der Waals surface area contributed by atoms with Gasteiger partial charge in [-0.3, -0.25) is 4.31 Å². The Morgan fingerprint density at radius 3 is 2.35 bits per heavy atom. The van der Waals surface area contributed by atoms with Crippen molar-refractivity contribution in [2.75, 3.05) is 17.1 Å².